The van der Waals surface area contributed by atoms with E-state index >= 15 is 0 Å². The predicted octanol–water partition coefficient (Wildman–Crippen LogP) is 2.86. The van der Waals surface area contributed by atoms with Crippen molar-refractivity contribution in [1.29, 1.82) is 0 Å². The number of pyridine rings is 1. The normalized spacial score (nSPS) is 10.2. The smallest absolute Gasteiger partial charge is 0.187 e. The maximum atomic E-state index is 12.1. The molecule has 1 aromatic heterocycles. The van der Waals surface area contributed by atoms with E-state index in [0.717, 1.165) is 15.8 Å². The molecule has 0 amide bonds. The minimum Gasteiger partial charge on any atom is -0.496 e. The van der Waals surface area contributed by atoms with E-state index in [1.54, 1.807) is 25.4 Å². The van der Waals surface area contributed by atoms with Crippen LogP contribution in [0.1, 0.15) is 16.1 Å². The average molecular weight is 321 g/mol. The lowest BCUT2D eigenvalue weighted by Gasteiger charge is -2.06. The zero-order valence-corrected chi connectivity index (χ0v) is 12.0. The molecule has 2 rings (SSSR count). The Morgan fingerprint density at radius 2 is 2.21 bits per heavy atom. The first-order chi connectivity index (χ1) is 9.11. The Labute approximate surface area is 119 Å². The van der Waals surface area contributed by atoms with Crippen LogP contribution in [0.5, 0.6) is 5.75 Å². The van der Waals surface area contributed by atoms with E-state index in [1.807, 2.05) is 18.2 Å². The van der Waals surface area contributed by atoms with Crippen LogP contribution >= 0.6 is 15.9 Å². The van der Waals surface area contributed by atoms with E-state index in [2.05, 4.69) is 20.9 Å². The van der Waals surface area contributed by atoms with Crippen LogP contribution in [0.15, 0.2) is 41.0 Å². The van der Waals surface area contributed by atoms with Gasteiger partial charge < -0.3 is 10.5 Å². The Morgan fingerprint density at radius 1 is 1.42 bits per heavy atom. The first-order valence-electron chi connectivity index (χ1n) is 5.68. The third-order valence-electron chi connectivity index (χ3n) is 2.68. The van der Waals surface area contributed by atoms with E-state index < -0.39 is 0 Å². The summed E-state index contributed by atoms with van der Waals surface area (Å²) in [5.74, 6) is 0.628. The van der Waals surface area contributed by atoms with Gasteiger partial charge in [0.2, 0.25) is 0 Å². The van der Waals surface area contributed by atoms with E-state index in [1.165, 1.54) is 0 Å². The number of ketones is 1. The molecule has 2 N–H and O–H groups in total. The monoisotopic (exact) mass is 320 g/mol. The van der Waals surface area contributed by atoms with Crippen molar-refractivity contribution in [3.8, 4) is 5.75 Å². The highest BCUT2D eigenvalue weighted by atomic mass is 79.9. The lowest BCUT2D eigenvalue weighted by molar-refractivity contribution is 0.0989. The van der Waals surface area contributed by atoms with Gasteiger partial charge in [-0.3, -0.25) is 9.78 Å². The molecule has 0 atom stereocenters. The summed E-state index contributed by atoms with van der Waals surface area (Å²) < 4.78 is 5.96. The summed E-state index contributed by atoms with van der Waals surface area (Å²) in [6.07, 6.45) is 1.82. The summed E-state index contributed by atoms with van der Waals surface area (Å²) in [6.45, 7) is 0. The van der Waals surface area contributed by atoms with Gasteiger partial charge >= 0.3 is 0 Å². The number of methoxy groups -OCH3 is 1. The minimum atomic E-state index is -0.102. The molecule has 98 valence electrons. The molecule has 0 saturated carbocycles. The van der Waals surface area contributed by atoms with E-state index in [9.17, 15) is 4.79 Å². The summed E-state index contributed by atoms with van der Waals surface area (Å²) in [5.41, 5.74) is 7.33. The molecular formula is C14H13BrN2O2. The van der Waals surface area contributed by atoms with Crippen LogP contribution in [0.4, 0.5) is 5.69 Å². The molecule has 0 saturated heterocycles. The van der Waals surface area contributed by atoms with Gasteiger partial charge in [0.15, 0.2) is 5.78 Å². The maximum Gasteiger partial charge on any atom is 0.187 e. The van der Waals surface area contributed by atoms with Gasteiger partial charge in [0.25, 0.3) is 0 Å². The van der Waals surface area contributed by atoms with Gasteiger partial charge in [-0.1, -0.05) is 6.07 Å². The van der Waals surface area contributed by atoms with Gasteiger partial charge in [0.1, 0.15) is 11.4 Å². The minimum absolute atomic E-state index is 0.102. The number of hydrogen-bond donors (Lipinski definition) is 1. The molecule has 5 heteroatoms. The molecule has 0 bridgehead atoms. The molecule has 2 aromatic rings. The van der Waals surface area contributed by atoms with Crippen LogP contribution in [0.25, 0.3) is 0 Å². The van der Waals surface area contributed by atoms with Crippen molar-refractivity contribution in [2.45, 2.75) is 6.42 Å². The molecule has 0 unspecified atom stereocenters. The van der Waals surface area contributed by atoms with Crippen LogP contribution < -0.4 is 10.5 Å². The molecule has 1 heterocycles. The van der Waals surface area contributed by atoms with Crippen LogP contribution in [0, 0.1) is 0 Å². The molecule has 0 radical (unpaired) electrons. The Balaban J connectivity index is 2.20. The summed E-state index contributed by atoms with van der Waals surface area (Å²) >= 11 is 3.39. The lowest BCUT2D eigenvalue weighted by atomic mass is 10.1. The fourth-order valence-corrected chi connectivity index (χ4v) is 2.33. The highest BCUT2D eigenvalue weighted by Crippen LogP contribution is 2.26. The number of nitrogen functional groups attached to an aromatic ring is 1. The SMILES string of the molecule is COc1ccc(CC(=O)c2ncccc2N)cc1Br. The third kappa shape index (κ3) is 3.12. The topological polar surface area (TPSA) is 65.2 Å². The van der Waals surface area contributed by atoms with Crippen molar-refractivity contribution < 1.29 is 9.53 Å². The average Bonchev–Trinajstić information content (AvgIpc) is 2.39. The largest absolute Gasteiger partial charge is 0.496 e. The highest BCUT2D eigenvalue weighted by Gasteiger charge is 2.12. The number of halogens is 1. The zero-order valence-electron chi connectivity index (χ0n) is 10.4. The molecule has 4 nitrogen and oxygen atoms in total. The molecule has 0 aliphatic heterocycles. The van der Waals surface area contributed by atoms with Crippen molar-refractivity contribution in [2.75, 3.05) is 12.8 Å². The molecule has 19 heavy (non-hydrogen) atoms. The van der Waals surface area contributed by atoms with E-state index in [4.69, 9.17) is 10.5 Å². The number of hydrogen-bond acceptors (Lipinski definition) is 4. The van der Waals surface area contributed by atoms with Crippen molar-refractivity contribution in [3.05, 3.63) is 52.3 Å². The fourth-order valence-electron chi connectivity index (χ4n) is 1.74. The van der Waals surface area contributed by atoms with E-state index in [0.29, 0.717) is 11.4 Å². The molecule has 1 aromatic carbocycles. The molecular weight excluding hydrogens is 308 g/mol. The number of nitrogens with two attached hydrogens (primary N) is 1. The number of Topliss-reactive ketones (excluding diaryl/α,β-unsaturated/α-hetero) is 1. The molecule has 0 fully saturated rings. The number of anilines is 1. The Hall–Kier alpha value is -1.88. The number of ether oxygens (including phenoxy) is 1. The van der Waals surface area contributed by atoms with Crippen molar-refractivity contribution in [1.82, 2.24) is 4.98 Å². The van der Waals surface area contributed by atoms with Crippen molar-refractivity contribution >= 4 is 27.4 Å². The quantitative estimate of drug-likeness (QED) is 0.880. The van der Waals surface area contributed by atoms with Crippen LogP contribution in [0.2, 0.25) is 0 Å². The lowest BCUT2D eigenvalue weighted by Crippen LogP contribution is -2.09. The second kappa shape index (κ2) is 5.84. The number of carbonyl (C=O) groups excluding carboxylic acids is 1. The van der Waals surface area contributed by atoms with Gasteiger partial charge in [0.05, 0.1) is 17.3 Å². The Morgan fingerprint density at radius 3 is 2.84 bits per heavy atom. The zero-order chi connectivity index (χ0) is 13.8. The molecule has 0 spiro atoms. The molecule has 0 aliphatic rings. The second-order valence-corrected chi connectivity index (χ2v) is 4.86. The predicted molar refractivity (Wildman–Crippen MR) is 77.4 cm³/mol. The summed E-state index contributed by atoms with van der Waals surface area (Å²) in [6, 6.07) is 8.89. The highest BCUT2D eigenvalue weighted by molar-refractivity contribution is 9.10. The van der Waals surface area contributed by atoms with Crippen LogP contribution in [-0.4, -0.2) is 17.9 Å². The number of benzene rings is 1. The van der Waals surface area contributed by atoms with Gasteiger partial charge in [-0.2, -0.15) is 0 Å². The molecule has 0 aliphatic carbocycles. The Kier molecular flexibility index (Phi) is 4.16. The number of carbonyl (C=O) groups is 1. The number of rotatable bonds is 4. The summed E-state index contributed by atoms with van der Waals surface area (Å²) in [4.78, 5) is 16.1. The van der Waals surface area contributed by atoms with Gasteiger partial charge in [-0.05, 0) is 45.8 Å². The second-order valence-electron chi connectivity index (χ2n) is 4.01. The summed E-state index contributed by atoms with van der Waals surface area (Å²) in [7, 11) is 1.60. The third-order valence-corrected chi connectivity index (χ3v) is 3.30. The first kappa shape index (κ1) is 13.5. The number of nitrogens with zero attached hydrogens (tertiary/aromatic N) is 1. The fraction of sp³-hybridized carbons (Fsp3) is 0.143. The van der Waals surface area contributed by atoms with E-state index in [-0.39, 0.29) is 12.2 Å². The van der Waals surface area contributed by atoms with Crippen LogP contribution in [-0.2, 0) is 6.42 Å². The maximum absolute atomic E-state index is 12.1. The Bertz CT molecular complexity index is 614. The number of aromatic nitrogens is 1. The first-order valence-corrected chi connectivity index (χ1v) is 6.47. The van der Waals surface area contributed by atoms with Gasteiger partial charge in [-0.25, -0.2) is 0 Å². The van der Waals surface area contributed by atoms with Crippen molar-refractivity contribution in [2.24, 2.45) is 0 Å². The van der Waals surface area contributed by atoms with Crippen molar-refractivity contribution in [3.63, 3.8) is 0 Å². The van der Waals surface area contributed by atoms with Gasteiger partial charge in [-0.15, -0.1) is 0 Å². The van der Waals surface area contributed by atoms with Gasteiger partial charge in [0, 0.05) is 12.6 Å². The standard InChI is InChI=1S/C14H13BrN2O2/c1-19-13-5-4-9(7-10(13)15)8-12(18)14-11(16)3-2-6-17-14/h2-7H,8,16H2,1H3. The van der Waals surface area contributed by atoms with Crippen LogP contribution in [0.3, 0.4) is 0 Å². The summed E-state index contributed by atoms with van der Waals surface area (Å²) in [5, 5.41) is 0.